The Morgan fingerprint density at radius 1 is 1.25 bits per heavy atom. The van der Waals surface area contributed by atoms with Crippen LogP contribution in [0.4, 0.5) is 10.1 Å². The molecule has 2 unspecified atom stereocenters. The van der Waals surface area contributed by atoms with Crippen LogP contribution in [0.5, 0.6) is 0 Å². The van der Waals surface area contributed by atoms with Crippen LogP contribution in [-0.4, -0.2) is 55.2 Å². The SMILES string of the molecule is N#C[C@@H]1C[C@H](F)CN1C(=O)CNC1C2CN(c3ccccc3)CC21. The minimum absolute atomic E-state index is 0.0536. The minimum atomic E-state index is -1.07. The fraction of sp³-hybridized carbons (Fsp3) is 0.556. The lowest BCUT2D eigenvalue weighted by Gasteiger charge is -2.23. The topological polar surface area (TPSA) is 59.4 Å². The predicted octanol–water partition coefficient (Wildman–Crippen LogP) is 1.17. The number of para-hydroxylation sites is 1. The summed E-state index contributed by atoms with van der Waals surface area (Å²) in [6, 6.07) is 12.2. The molecule has 3 aliphatic rings. The molecular weight excluding hydrogens is 307 g/mol. The number of likely N-dealkylation sites (tertiary alicyclic amines) is 1. The predicted molar refractivity (Wildman–Crippen MR) is 88.1 cm³/mol. The van der Waals surface area contributed by atoms with Crippen molar-refractivity contribution in [2.75, 3.05) is 31.1 Å². The van der Waals surface area contributed by atoms with E-state index < -0.39 is 12.2 Å². The van der Waals surface area contributed by atoms with Crippen LogP contribution >= 0.6 is 0 Å². The molecule has 0 aromatic heterocycles. The van der Waals surface area contributed by atoms with Gasteiger partial charge in [0.2, 0.25) is 5.91 Å². The van der Waals surface area contributed by atoms with E-state index in [9.17, 15) is 9.18 Å². The normalized spacial score (nSPS) is 34.1. The number of nitrogens with one attached hydrogen (secondary N) is 1. The Morgan fingerprint density at radius 3 is 2.62 bits per heavy atom. The van der Waals surface area contributed by atoms with E-state index in [1.165, 1.54) is 10.6 Å². The second kappa shape index (κ2) is 6.06. The molecule has 1 amide bonds. The molecule has 0 radical (unpaired) electrons. The average molecular weight is 328 g/mol. The van der Waals surface area contributed by atoms with E-state index in [1.54, 1.807) is 0 Å². The molecule has 1 aromatic rings. The average Bonchev–Trinajstić information content (AvgIpc) is 2.95. The number of carbonyl (C=O) groups is 1. The number of rotatable bonds is 4. The summed E-state index contributed by atoms with van der Waals surface area (Å²) in [7, 11) is 0. The molecule has 1 aliphatic carbocycles. The van der Waals surface area contributed by atoms with Crippen LogP contribution in [0.3, 0.4) is 0 Å². The number of carbonyl (C=O) groups excluding carboxylic acids is 1. The van der Waals surface area contributed by atoms with E-state index >= 15 is 0 Å². The summed E-state index contributed by atoms with van der Waals surface area (Å²) in [5.74, 6) is 1.00. The molecule has 0 bridgehead atoms. The van der Waals surface area contributed by atoms with Gasteiger partial charge in [0.25, 0.3) is 0 Å². The molecule has 24 heavy (non-hydrogen) atoms. The highest BCUT2D eigenvalue weighted by Gasteiger charge is 2.55. The van der Waals surface area contributed by atoms with Crippen LogP contribution in [-0.2, 0) is 4.79 Å². The fourth-order valence-corrected chi connectivity index (χ4v) is 4.17. The smallest absolute Gasteiger partial charge is 0.237 e. The van der Waals surface area contributed by atoms with E-state index in [0.717, 1.165) is 13.1 Å². The van der Waals surface area contributed by atoms with Gasteiger partial charge < -0.3 is 15.1 Å². The number of nitriles is 1. The Hall–Kier alpha value is -2.13. The lowest BCUT2D eigenvalue weighted by atomic mass is 10.2. The zero-order valence-electron chi connectivity index (χ0n) is 13.4. The standard InChI is InChI=1S/C18H21FN4O/c19-12-6-14(7-20)23(9-12)17(24)8-21-18-15-10-22(11-16(15)18)13-4-2-1-3-5-13/h1-5,12,14-16,18,21H,6,8-11H2/t12-,14-,15?,16?,18?/m0/s1. The number of benzene rings is 1. The molecule has 4 atom stereocenters. The molecule has 2 saturated heterocycles. The maximum absolute atomic E-state index is 13.4. The Balaban J connectivity index is 1.25. The summed E-state index contributed by atoms with van der Waals surface area (Å²) in [4.78, 5) is 16.0. The number of amides is 1. The first kappa shape index (κ1) is 15.4. The molecule has 0 spiro atoms. The lowest BCUT2D eigenvalue weighted by molar-refractivity contribution is -0.130. The number of halogens is 1. The van der Waals surface area contributed by atoms with Gasteiger partial charge in [0.05, 0.1) is 19.2 Å². The Labute approximate surface area is 141 Å². The fourth-order valence-electron chi connectivity index (χ4n) is 4.17. The van der Waals surface area contributed by atoms with Crippen LogP contribution in [0.15, 0.2) is 30.3 Å². The molecule has 3 fully saturated rings. The van der Waals surface area contributed by atoms with Gasteiger partial charge >= 0.3 is 0 Å². The number of alkyl halides is 1. The molecule has 6 heteroatoms. The molecule has 1 aromatic carbocycles. The quantitative estimate of drug-likeness (QED) is 0.901. The third-order valence-corrected chi connectivity index (χ3v) is 5.52. The van der Waals surface area contributed by atoms with Crippen molar-refractivity contribution in [3.05, 3.63) is 30.3 Å². The van der Waals surface area contributed by atoms with E-state index in [0.29, 0.717) is 17.9 Å². The summed E-state index contributed by atoms with van der Waals surface area (Å²) in [6.07, 6.45) is -0.929. The van der Waals surface area contributed by atoms with Crippen molar-refractivity contribution in [2.24, 2.45) is 11.8 Å². The van der Waals surface area contributed by atoms with Gasteiger partial charge in [-0.3, -0.25) is 4.79 Å². The van der Waals surface area contributed by atoms with Crippen molar-refractivity contribution >= 4 is 11.6 Å². The van der Waals surface area contributed by atoms with Gasteiger partial charge in [-0.05, 0) is 24.0 Å². The summed E-state index contributed by atoms with van der Waals surface area (Å²) in [5.41, 5.74) is 1.25. The zero-order valence-corrected chi connectivity index (χ0v) is 13.4. The summed E-state index contributed by atoms with van der Waals surface area (Å²) < 4.78 is 13.4. The van der Waals surface area contributed by atoms with E-state index in [1.807, 2.05) is 24.3 Å². The Morgan fingerprint density at radius 2 is 1.96 bits per heavy atom. The molecule has 2 heterocycles. The molecule has 126 valence electrons. The Bertz CT molecular complexity index is 649. The molecule has 2 aliphatic heterocycles. The van der Waals surface area contributed by atoms with E-state index in [-0.39, 0.29) is 25.4 Å². The first-order chi connectivity index (χ1) is 11.7. The molecular formula is C18H21FN4O. The van der Waals surface area contributed by atoms with Crippen LogP contribution < -0.4 is 10.2 Å². The molecule has 1 N–H and O–H groups in total. The Kier molecular flexibility index (Phi) is 3.89. The third kappa shape index (κ3) is 2.73. The number of hydrogen-bond donors (Lipinski definition) is 1. The van der Waals surface area contributed by atoms with Crippen molar-refractivity contribution in [3.63, 3.8) is 0 Å². The highest BCUT2D eigenvalue weighted by molar-refractivity contribution is 5.79. The lowest BCUT2D eigenvalue weighted by Crippen LogP contribution is -2.42. The van der Waals surface area contributed by atoms with Gasteiger partial charge in [-0.2, -0.15) is 5.26 Å². The van der Waals surface area contributed by atoms with Crippen LogP contribution in [0.2, 0.25) is 0 Å². The molecule has 5 nitrogen and oxygen atoms in total. The second-order valence-corrected chi connectivity index (χ2v) is 7.00. The van der Waals surface area contributed by atoms with Gasteiger partial charge in [0.1, 0.15) is 12.2 Å². The van der Waals surface area contributed by atoms with Crippen LogP contribution in [0.1, 0.15) is 6.42 Å². The summed E-state index contributed by atoms with van der Waals surface area (Å²) in [5, 5.41) is 12.3. The maximum atomic E-state index is 13.4. The van der Waals surface area contributed by atoms with Gasteiger partial charge in [0.15, 0.2) is 0 Å². The number of piperidine rings is 1. The van der Waals surface area contributed by atoms with Gasteiger partial charge in [-0.15, -0.1) is 0 Å². The second-order valence-electron chi connectivity index (χ2n) is 7.00. The van der Waals surface area contributed by atoms with Gasteiger partial charge in [-0.1, -0.05) is 18.2 Å². The number of hydrogen-bond acceptors (Lipinski definition) is 4. The number of fused-ring (bicyclic) bond motifs is 1. The van der Waals surface area contributed by atoms with Crippen molar-refractivity contribution in [1.82, 2.24) is 10.2 Å². The van der Waals surface area contributed by atoms with Crippen molar-refractivity contribution in [3.8, 4) is 6.07 Å². The largest absolute Gasteiger partial charge is 0.371 e. The first-order valence-electron chi connectivity index (χ1n) is 8.54. The molecule has 1 saturated carbocycles. The third-order valence-electron chi connectivity index (χ3n) is 5.52. The minimum Gasteiger partial charge on any atom is -0.371 e. The maximum Gasteiger partial charge on any atom is 0.237 e. The van der Waals surface area contributed by atoms with E-state index in [4.69, 9.17) is 5.26 Å². The van der Waals surface area contributed by atoms with Crippen LogP contribution in [0.25, 0.3) is 0 Å². The zero-order chi connectivity index (χ0) is 16.7. The number of anilines is 1. The summed E-state index contributed by atoms with van der Waals surface area (Å²) in [6.45, 7) is 2.28. The van der Waals surface area contributed by atoms with Crippen molar-refractivity contribution in [2.45, 2.75) is 24.7 Å². The monoisotopic (exact) mass is 328 g/mol. The van der Waals surface area contributed by atoms with Crippen molar-refractivity contribution in [1.29, 1.82) is 5.26 Å². The van der Waals surface area contributed by atoms with Gasteiger partial charge in [-0.25, -0.2) is 4.39 Å². The summed E-state index contributed by atoms with van der Waals surface area (Å²) >= 11 is 0. The van der Waals surface area contributed by atoms with Crippen molar-refractivity contribution < 1.29 is 9.18 Å². The first-order valence-corrected chi connectivity index (χ1v) is 8.54. The van der Waals surface area contributed by atoms with Crippen LogP contribution in [0, 0.1) is 23.2 Å². The number of nitrogens with zero attached hydrogens (tertiary/aromatic N) is 3. The molecule has 4 rings (SSSR count). The highest BCUT2D eigenvalue weighted by Crippen LogP contribution is 2.46. The highest BCUT2D eigenvalue weighted by atomic mass is 19.1. The van der Waals surface area contributed by atoms with E-state index in [2.05, 4.69) is 22.3 Å². The van der Waals surface area contributed by atoms with Gasteiger partial charge in [0, 0.05) is 31.2 Å².